The highest BCUT2D eigenvalue weighted by Crippen LogP contribution is 2.23. The molecule has 0 fully saturated rings. The Morgan fingerprint density at radius 2 is 1.91 bits per heavy atom. The summed E-state index contributed by atoms with van der Waals surface area (Å²) < 4.78 is 36.7. The van der Waals surface area contributed by atoms with Crippen molar-refractivity contribution in [1.29, 1.82) is 0 Å². The van der Waals surface area contributed by atoms with Crippen LogP contribution >= 0.6 is 0 Å². The van der Waals surface area contributed by atoms with Crippen molar-refractivity contribution in [2.75, 3.05) is 0 Å². The molecule has 0 saturated heterocycles. The Hall–Kier alpha value is -0.990. The molecule has 0 aliphatic heterocycles. The fourth-order valence-electron chi connectivity index (χ4n) is 0.861. The molecule has 0 heterocycles. The van der Waals surface area contributed by atoms with E-state index < -0.39 is 12.2 Å². The second-order valence-electron chi connectivity index (χ2n) is 2.25. The maximum absolute atomic E-state index is 12.6. The summed E-state index contributed by atoms with van der Waals surface area (Å²) in [6.07, 6.45) is -2.59. The van der Waals surface area contributed by atoms with Gasteiger partial charge < -0.3 is 0 Å². The minimum absolute atomic E-state index is 0.0301. The highest BCUT2D eigenvalue weighted by atomic mass is 19.3. The van der Waals surface area contributed by atoms with Crippen LogP contribution in [0.4, 0.5) is 13.2 Å². The molecule has 11 heavy (non-hydrogen) atoms. The zero-order valence-electron chi connectivity index (χ0n) is 5.94. The molecule has 1 aromatic rings. The summed E-state index contributed by atoms with van der Waals surface area (Å²) in [6.45, 7) is 1.34. The van der Waals surface area contributed by atoms with Gasteiger partial charge in [0.15, 0.2) is 0 Å². The minimum Gasteiger partial charge on any atom is -0.207 e. The van der Waals surface area contributed by atoms with Crippen LogP contribution in [0.5, 0.6) is 0 Å². The molecule has 0 N–H and O–H groups in total. The Balaban J connectivity index is 3.17. The van der Waals surface area contributed by atoms with Crippen LogP contribution in [-0.4, -0.2) is 0 Å². The van der Waals surface area contributed by atoms with Crippen molar-refractivity contribution >= 4 is 0 Å². The zero-order chi connectivity index (χ0) is 8.43. The number of benzene rings is 1. The third kappa shape index (κ3) is 1.53. The lowest BCUT2D eigenvalue weighted by Gasteiger charge is -2.03. The van der Waals surface area contributed by atoms with Crippen LogP contribution in [0.2, 0.25) is 0 Å². The molecule has 0 amide bonds. The Labute approximate surface area is 62.7 Å². The molecule has 0 unspecified atom stereocenters. The van der Waals surface area contributed by atoms with E-state index in [1.54, 1.807) is 0 Å². The van der Waals surface area contributed by atoms with Crippen molar-refractivity contribution in [2.45, 2.75) is 13.3 Å². The van der Waals surface area contributed by atoms with Crippen molar-refractivity contribution < 1.29 is 13.2 Å². The first kappa shape index (κ1) is 8.11. The first-order valence-corrected chi connectivity index (χ1v) is 3.16. The van der Waals surface area contributed by atoms with Gasteiger partial charge in [0.1, 0.15) is 5.82 Å². The van der Waals surface area contributed by atoms with E-state index in [1.807, 2.05) is 0 Å². The number of halogens is 3. The first-order chi connectivity index (χ1) is 5.13. The van der Waals surface area contributed by atoms with Crippen LogP contribution < -0.4 is 0 Å². The van der Waals surface area contributed by atoms with E-state index in [0.29, 0.717) is 0 Å². The molecule has 0 aliphatic carbocycles. The van der Waals surface area contributed by atoms with E-state index >= 15 is 0 Å². The Morgan fingerprint density at radius 3 is 2.36 bits per heavy atom. The van der Waals surface area contributed by atoms with Gasteiger partial charge in [0.25, 0.3) is 6.43 Å². The second kappa shape index (κ2) is 2.95. The number of alkyl halides is 2. The SMILES string of the molecule is Cc1c(F)cccc1C(F)F. The first-order valence-electron chi connectivity index (χ1n) is 3.16. The molecular formula is C8H7F3. The van der Waals surface area contributed by atoms with Gasteiger partial charge in [-0.25, -0.2) is 13.2 Å². The van der Waals surface area contributed by atoms with Gasteiger partial charge in [-0.1, -0.05) is 12.1 Å². The lowest BCUT2D eigenvalue weighted by atomic mass is 10.1. The van der Waals surface area contributed by atoms with E-state index in [9.17, 15) is 13.2 Å². The topological polar surface area (TPSA) is 0 Å². The van der Waals surface area contributed by atoms with Crippen molar-refractivity contribution in [3.05, 3.63) is 35.1 Å². The minimum atomic E-state index is -2.59. The highest BCUT2D eigenvalue weighted by molar-refractivity contribution is 5.27. The predicted octanol–water partition coefficient (Wildman–Crippen LogP) is 3.07. The monoisotopic (exact) mass is 160 g/mol. The quantitative estimate of drug-likeness (QED) is 0.592. The maximum Gasteiger partial charge on any atom is 0.264 e. The molecule has 60 valence electrons. The van der Waals surface area contributed by atoms with Crippen LogP contribution in [-0.2, 0) is 0 Å². The molecule has 0 bridgehead atoms. The van der Waals surface area contributed by atoms with Crippen LogP contribution in [0.1, 0.15) is 17.6 Å². The largest absolute Gasteiger partial charge is 0.264 e. The number of hydrogen-bond acceptors (Lipinski definition) is 0. The fourth-order valence-corrected chi connectivity index (χ4v) is 0.861. The summed E-state index contributed by atoms with van der Waals surface area (Å²) >= 11 is 0. The van der Waals surface area contributed by atoms with E-state index in [2.05, 4.69) is 0 Å². The van der Waals surface area contributed by atoms with Crippen LogP contribution in [0.25, 0.3) is 0 Å². The summed E-state index contributed by atoms with van der Waals surface area (Å²) in [5.74, 6) is -0.581. The number of hydrogen-bond donors (Lipinski definition) is 0. The van der Waals surface area contributed by atoms with E-state index in [4.69, 9.17) is 0 Å². The average Bonchev–Trinajstić information content (AvgIpc) is 1.94. The molecule has 3 heteroatoms. The Kier molecular flexibility index (Phi) is 2.17. The maximum atomic E-state index is 12.6. The summed E-state index contributed by atoms with van der Waals surface area (Å²) in [4.78, 5) is 0. The van der Waals surface area contributed by atoms with Crippen LogP contribution in [0.3, 0.4) is 0 Å². The molecule has 0 aromatic heterocycles. The second-order valence-corrected chi connectivity index (χ2v) is 2.25. The molecule has 0 radical (unpaired) electrons. The molecule has 0 aliphatic rings. The third-order valence-electron chi connectivity index (χ3n) is 1.54. The van der Waals surface area contributed by atoms with Crippen LogP contribution in [0, 0.1) is 12.7 Å². The normalized spacial score (nSPS) is 10.6. The Bertz CT molecular complexity index is 256. The van der Waals surface area contributed by atoms with E-state index in [-0.39, 0.29) is 11.1 Å². The van der Waals surface area contributed by atoms with Gasteiger partial charge in [0.2, 0.25) is 0 Å². The van der Waals surface area contributed by atoms with Crippen molar-refractivity contribution in [2.24, 2.45) is 0 Å². The number of rotatable bonds is 1. The van der Waals surface area contributed by atoms with Crippen molar-refractivity contribution in [1.82, 2.24) is 0 Å². The molecule has 1 rings (SSSR count). The smallest absolute Gasteiger partial charge is 0.207 e. The zero-order valence-corrected chi connectivity index (χ0v) is 5.94. The lowest BCUT2D eigenvalue weighted by Crippen LogP contribution is -1.91. The molecule has 0 atom stereocenters. The fraction of sp³-hybridized carbons (Fsp3) is 0.250. The molecule has 0 nitrogen and oxygen atoms in total. The summed E-state index contributed by atoms with van der Waals surface area (Å²) in [7, 11) is 0. The highest BCUT2D eigenvalue weighted by Gasteiger charge is 2.11. The lowest BCUT2D eigenvalue weighted by molar-refractivity contribution is 0.150. The van der Waals surface area contributed by atoms with Gasteiger partial charge in [-0.3, -0.25) is 0 Å². The van der Waals surface area contributed by atoms with Gasteiger partial charge >= 0.3 is 0 Å². The van der Waals surface area contributed by atoms with Gasteiger partial charge in [-0.2, -0.15) is 0 Å². The standard InChI is InChI=1S/C8H7F3/c1-5-6(8(10)11)3-2-4-7(5)9/h2-4,8H,1H3. The third-order valence-corrected chi connectivity index (χ3v) is 1.54. The summed E-state index contributed by atoms with van der Waals surface area (Å²) in [6, 6.07) is 3.67. The van der Waals surface area contributed by atoms with Gasteiger partial charge in [-0.15, -0.1) is 0 Å². The van der Waals surface area contributed by atoms with E-state index in [0.717, 1.165) is 0 Å². The molecule has 1 aromatic carbocycles. The predicted molar refractivity (Wildman–Crippen MR) is 36.1 cm³/mol. The molecular weight excluding hydrogens is 153 g/mol. The van der Waals surface area contributed by atoms with Gasteiger partial charge in [0.05, 0.1) is 0 Å². The Morgan fingerprint density at radius 1 is 1.27 bits per heavy atom. The van der Waals surface area contributed by atoms with E-state index in [1.165, 1.54) is 25.1 Å². The van der Waals surface area contributed by atoms with Gasteiger partial charge in [-0.05, 0) is 18.6 Å². The van der Waals surface area contributed by atoms with Gasteiger partial charge in [0, 0.05) is 5.56 Å². The summed E-state index contributed by atoms with van der Waals surface area (Å²) in [5, 5.41) is 0. The van der Waals surface area contributed by atoms with Crippen molar-refractivity contribution in [3.8, 4) is 0 Å². The van der Waals surface area contributed by atoms with Crippen molar-refractivity contribution in [3.63, 3.8) is 0 Å². The van der Waals surface area contributed by atoms with Crippen LogP contribution in [0.15, 0.2) is 18.2 Å². The molecule has 0 spiro atoms. The molecule has 0 saturated carbocycles. The average molecular weight is 160 g/mol. The summed E-state index contributed by atoms with van der Waals surface area (Å²) in [5.41, 5.74) is -0.201.